The fourth-order valence-corrected chi connectivity index (χ4v) is 0. The number of rotatable bonds is 0. The van der Waals surface area contributed by atoms with Crippen LogP contribution < -0.4 is 0 Å². The summed E-state index contributed by atoms with van der Waals surface area (Å²) in [6.07, 6.45) is 0. The van der Waals surface area contributed by atoms with Crippen LogP contribution in [0, 0.1) is 0 Å². The maximum Gasteiger partial charge on any atom is 2.00 e. The molecule has 0 spiro atoms. The van der Waals surface area contributed by atoms with Crippen molar-refractivity contribution in [2.75, 3.05) is 0 Å². The van der Waals surface area contributed by atoms with E-state index in [4.69, 9.17) is 9.90 Å². The van der Waals surface area contributed by atoms with E-state index in [0.717, 1.165) is 6.92 Å². The Hall–Kier alpha value is 0.236. The van der Waals surface area contributed by atoms with Gasteiger partial charge in [-0.1, -0.05) is 0 Å². The van der Waals surface area contributed by atoms with Crippen LogP contribution in [0.3, 0.4) is 0 Å². The Morgan fingerprint density at radius 1 is 2.20 bits per heavy atom. The van der Waals surface area contributed by atoms with Gasteiger partial charge >= 0.3 is 23.1 Å². The van der Waals surface area contributed by atoms with Crippen LogP contribution in [0.2, 0.25) is 0 Å². The van der Waals surface area contributed by atoms with Crippen LogP contribution in [-0.4, -0.2) is 34.1 Å². The van der Waals surface area contributed by atoms with Gasteiger partial charge in [0.05, 0.1) is 0 Å². The van der Waals surface area contributed by atoms with Crippen molar-refractivity contribution >= 4 is 29.0 Å². The number of carbonyl (C=O) groups is 1. The molecule has 2 nitrogen and oxygen atoms in total. The van der Waals surface area contributed by atoms with Gasteiger partial charge in [0.25, 0.3) is 5.97 Å². The van der Waals surface area contributed by atoms with Crippen LogP contribution in [0.1, 0.15) is 11.2 Å². The molecule has 0 heterocycles. The van der Waals surface area contributed by atoms with E-state index >= 15 is 0 Å². The van der Waals surface area contributed by atoms with Crippen molar-refractivity contribution in [1.29, 1.82) is 0 Å². The van der Waals surface area contributed by atoms with Crippen LogP contribution in [-0.2, 0) is 4.79 Å². The van der Waals surface area contributed by atoms with Gasteiger partial charge in [-0.05, 0) is 0 Å². The molecule has 0 aliphatic carbocycles. The van der Waals surface area contributed by atoms with Crippen LogP contribution >= 0.6 is 0 Å². The molecular weight excluding hydrogens is 80.3 g/mol. The molecule has 0 saturated carbocycles. The van der Waals surface area contributed by atoms with Crippen molar-refractivity contribution in [3.05, 3.63) is 0 Å². The quantitative estimate of drug-likeness (QED) is 0.429. The van der Waals surface area contributed by atoms with Crippen molar-refractivity contribution in [1.82, 2.24) is 0 Å². The SMILES string of the molecule is CC(=O)O.[H-].[H-].[HH].[Mg+2]. The predicted molar refractivity (Wildman–Crippen MR) is 23.4 cm³/mol. The largest absolute Gasteiger partial charge is 2.00 e. The first kappa shape index (κ1) is 8.97. The van der Waals surface area contributed by atoms with Crippen molar-refractivity contribution in [3.8, 4) is 0 Å². The van der Waals surface area contributed by atoms with Gasteiger partial charge in [-0.15, -0.1) is 0 Å². The third-order valence-corrected chi connectivity index (χ3v) is 0. The van der Waals surface area contributed by atoms with Gasteiger partial charge < -0.3 is 7.96 Å². The fraction of sp³-hybridized carbons (Fsp3) is 0.500. The molecule has 0 saturated heterocycles. The zero-order valence-corrected chi connectivity index (χ0v) is 4.48. The summed E-state index contributed by atoms with van der Waals surface area (Å²) in [5.41, 5.74) is 0. The summed E-state index contributed by atoms with van der Waals surface area (Å²) < 4.78 is 0. The first-order valence-corrected chi connectivity index (χ1v) is 0.928. The molecule has 0 amide bonds. The van der Waals surface area contributed by atoms with Gasteiger partial charge in [0, 0.05) is 8.35 Å². The molecule has 1 N–H and O–H groups in total. The van der Waals surface area contributed by atoms with E-state index in [1.807, 2.05) is 0 Å². The zero-order valence-electron chi connectivity index (χ0n) is 5.06. The van der Waals surface area contributed by atoms with Gasteiger partial charge in [-0.3, -0.25) is 4.79 Å². The second kappa shape index (κ2) is 4.24. The molecule has 0 unspecified atom stereocenters. The monoisotopic (exact) mass is 88.0 g/mol. The standard InChI is InChI=1S/C2H4O2.Mg.H2.2H/c1-2(3)4;;;;/h1H3,(H,3,4);;1H;;/q;+2;;2*-1. The van der Waals surface area contributed by atoms with Crippen molar-refractivity contribution in [2.24, 2.45) is 0 Å². The first-order valence-electron chi connectivity index (χ1n) is 0.928. The van der Waals surface area contributed by atoms with Gasteiger partial charge in [0.1, 0.15) is 0 Å². The maximum absolute atomic E-state index is 9.00. The third kappa shape index (κ3) is 380. The smallest absolute Gasteiger partial charge is 1.00 e. The van der Waals surface area contributed by atoms with Crippen LogP contribution in [0.15, 0.2) is 0 Å². The number of carboxylic acid groups (broad SMARTS) is 1. The number of hydrogen-bond donors (Lipinski definition) is 1. The molecular formula is C2H8MgO2. The minimum absolute atomic E-state index is 0. The van der Waals surface area contributed by atoms with Crippen LogP contribution in [0.4, 0.5) is 0 Å². The van der Waals surface area contributed by atoms with E-state index in [1.54, 1.807) is 0 Å². The molecule has 0 aromatic carbocycles. The van der Waals surface area contributed by atoms with E-state index < -0.39 is 5.97 Å². The molecule has 3 heteroatoms. The molecule has 0 bridgehead atoms. The number of carboxylic acids is 1. The van der Waals surface area contributed by atoms with E-state index in [-0.39, 0.29) is 27.3 Å². The van der Waals surface area contributed by atoms with Crippen LogP contribution in [0.25, 0.3) is 0 Å². The molecule has 5 heavy (non-hydrogen) atoms. The number of aliphatic carboxylic acids is 1. The molecule has 0 rings (SSSR count). The predicted octanol–water partition coefficient (Wildman–Crippen LogP) is 0.181. The van der Waals surface area contributed by atoms with E-state index in [9.17, 15) is 0 Å². The average molecular weight is 88.4 g/mol. The maximum atomic E-state index is 9.00. The fourth-order valence-electron chi connectivity index (χ4n) is 0. The van der Waals surface area contributed by atoms with Gasteiger partial charge in [-0.25, -0.2) is 0 Å². The summed E-state index contributed by atoms with van der Waals surface area (Å²) in [5.74, 6) is -0.833. The Morgan fingerprint density at radius 2 is 2.20 bits per heavy atom. The molecule has 0 atom stereocenters. The normalized spacial score (nSPS) is 5.00. The average Bonchev–Trinajstić information content (AvgIpc) is 0.811. The summed E-state index contributed by atoms with van der Waals surface area (Å²) in [4.78, 5) is 9.00. The van der Waals surface area contributed by atoms with Crippen LogP contribution in [0.5, 0.6) is 0 Å². The Balaban J connectivity index is -0.00000000750. The molecule has 0 aliphatic heterocycles. The van der Waals surface area contributed by atoms with Gasteiger partial charge in [0.2, 0.25) is 0 Å². The Morgan fingerprint density at radius 3 is 2.20 bits per heavy atom. The summed E-state index contributed by atoms with van der Waals surface area (Å²) in [6, 6.07) is 0. The van der Waals surface area contributed by atoms with E-state index in [2.05, 4.69) is 0 Å². The minimum Gasteiger partial charge on any atom is -1.00 e. The van der Waals surface area contributed by atoms with Crippen molar-refractivity contribution in [3.63, 3.8) is 0 Å². The van der Waals surface area contributed by atoms with Crippen molar-refractivity contribution < 1.29 is 14.2 Å². The van der Waals surface area contributed by atoms with E-state index in [1.165, 1.54) is 0 Å². The van der Waals surface area contributed by atoms with E-state index in [0.29, 0.717) is 0 Å². The zero-order chi connectivity index (χ0) is 3.58. The Labute approximate surface area is 50.8 Å². The van der Waals surface area contributed by atoms with Crippen molar-refractivity contribution in [2.45, 2.75) is 6.92 Å². The molecule has 0 aromatic rings. The minimum atomic E-state index is -0.833. The van der Waals surface area contributed by atoms with Gasteiger partial charge in [0.15, 0.2) is 0 Å². The molecule has 0 aliphatic rings. The molecule has 0 fully saturated rings. The Bertz CT molecular complexity index is 38.3. The number of hydrogen-bond acceptors (Lipinski definition) is 1. The topological polar surface area (TPSA) is 37.3 Å². The third-order valence-electron chi connectivity index (χ3n) is 0. The summed E-state index contributed by atoms with van der Waals surface area (Å²) in [7, 11) is 0. The molecule has 0 radical (unpaired) electrons. The second-order valence-corrected chi connectivity index (χ2v) is 0.519. The first-order chi connectivity index (χ1) is 1.73. The van der Waals surface area contributed by atoms with Gasteiger partial charge in [-0.2, -0.15) is 0 Å². The molecule has 30 valence electrons. The Kier molecular flexibility index (Phi) is 7.60. The summed E-state index contributed by atoms with van der Waals surface area (Å²) in [5, 5.41) is 7.42. The summed E-state index contributed by atoms with van der Waals surface area (Å²) in [6.45, 7) is 1.08. The summed E-state index contributed by atoms with van der Waals surface area (Å²) >= 11 is 0. The molecule has 0 aromatic heterocycles. The second-order valence-electron chi connectivity index (χ2n) is 0.519.